The van der Waals surface area contributed by atoms with Crippen LogP contribution in [-0.2, 0) is 0 Å². The van der Waals surface area contributed by atoms with Gasteiger partial charge in [-0.3, -0.25) is 10.1 Å². The Morgan fingerprint density at radius 2 is 2.17 bits per heavy atom. The number of nitro benzene ring substituents is 1. The van der Waals surface area contributed by atoms with Crippen LogP contribution in [0.5, 0.6) is 0 Å². The largest absolute Gasteiger partial charge is 0.392 e. The van der Waals surface area contributed by atoms with Gasteiger partial charge in [-0.2, -0.15) is 0 Å². The third-order valence-electron chi connectivity index (χ3n) is 1.30. The van der Waals surface area contributed by atoms with Crippen molar-refractivity contribution in [2.75, 3.05) is 5.73 Å². The van der Waals surface area contributed by atoms with E-state index in [9.17, 15) is 10.1 Å². The summed E-state index contributed by atoms with van der Waals surface area (Å²) in [5.41, 5.74) is 5.20. The molecule has 64 valence electrons. The first-order valence-electron chi connectivity index (χ1n) is 2.92. The van der Waals surface area contributed by atoms with Crippen molar-refractivity contribution < 1.29 is 4.92 Å². The summed E-state index contributed by atoms with van der Waals surface area (Å²) in [4.78, 5) is 9.81. The SMILES string of the molecule is Nc1c(Br)ccc(Cl)c1[N+](=O)[O-]. The Balaban J connectivity index is 3.43. The van der Waals surface area contributed by atoms with Crippen molar-refractivity contribution in [3.63, 3.8) is 0 Å². The van der Waals surface area contributed by atoms with E-state index in [1.807, 2.05) is 0 Å². The topological polar surface area (TPSA) is 69.2 Å². The lowest BCUT2D eigenvalue weighted by Gasteiger charge is -2.00. The Bertz CT molecular complexity index is 343. The van der Waals surface area contributed by atoms with Gasteiger partial charge in [0, 0.05) is 4.47 Å². The lowest BCUT2D eigenvalue weighted by molar-refractivity contribution is -0.383. The first-order valence-corrected chi connectivity index (χ1v) is 4.09. The summed E-state index contributed by atoms with van der Waals surface area (Å²) in [6.07, 6.45) is 0. The number of nitrogen functional groups attached to an aromatic ring is 1. The molecule has 0 aliphatic rings. The molecule has 0 saturated carbocycles. The molecule has 0 heterocycles. The summed E-state index contributed by atoms with van der Waals surface area (Å²) in [6, 6.07) is 2.98. The van der Waals surface area contributed by atoms with E-state index in [1.165, 1.54) is 6.07 Å². The molecule has 0 atom stereocenters. The van der Waals surface area contributed by atoms with Crippen molar-refractivity contribution in [3.05, 3.63) is 31.7 Å². The Morgan fingerprint density at radius 1 is 1.58 bits per heavy atom. The molecule has 2 N–H and O–H groups in total. The van der Waals surface area contributed by atoms with Gasteiger partial charge in [0.05, 0.1) is 4.92 Å². The van der Waals surface area contributed by atoms with E-state index in [0.29, 0.717) is 4.47 Å². The number of rotatable bonds is 1. The van der Waals surface area contributed by atoms with Gasteiger partial charge in [-0.15, -0.1) is 0 Å². The van der Waals surface area contributed by atoms with E-state index in [2.05, 4.69) is 15.9 Å². The van der Waals surface area contributed by atoms with Gasteiger partial charge in [-0.1, -0.05) is 11.6 Å². The molecule has 0 amide bonds. The fourth-order valence-corrected chi connectivity index (χ4v) is 1.30. The molecule has 0 fully saturated rings. The lowest BCUT2D eigenvalue weighted by Crippen LogP contribution is -1.96. The summed E-state index contributed by atoms with van der Waals surface area (Å²) in [5, 5.41) is 10.5. The number of halogens is 2. The van der Waals surface area contributed by atoms with Gasteiger partial charge in [0.25, 0.3) is 0 Å². The predicted octanol–water partition coefficient (Wildman–Crippen LogP) is 2.59. The van der Waals surface area contributed by atoms with E-state index in [0.717, 1.165) is 0 Å². The highest BCUT2D eigenvalue weighted by molar-refractivity contribution is 9.10. The van der Waals surface area contributed by atoms with Crippen molar-refractivity contribution >= 4 is 38.9 Å². The number of nitro groups is 1. The third kappa shape index (κ3) is 1.51. The van der Waals surface area contributed by atoms with Gasteiger partial charge >= 0.3 is 5.69 Å². The van der Waals surface area contributed by atoms with Gasteiger partial charge in [-0.25, -0.2) is 0 Å². The maximum atomic E-state index is 10.4. The first kappa shape index (κ1) is 9.28. The molecule has 12 heavy (non-hydrogen) atoms. The highest BCUT2D eigenvalue weighted by Gasteiger charge is 2.18. The molecule has 6 heteroatoms. The zero-order chi connectivity index (χ0) is 9.30. The van der Waals surface area contributed by atoms with Crippen molar-refractivity contribution in [1.29, 1.82) is 0 Å². The van der Waals surface area contributed by atoms with Crippen LogP contribution in [0.4, 0.5) is 11.4 Å². The predicted molar refractivity (Wildman–Crippen MR) is 50.2 cm³/mol. The summed E-state index contributed by atoms with van der Waals surface area (Å²) in [7, 11) is 0. The first-order chi connectivity index (χ1) is 5.54. The van der Waals surface area contributed by atoms with Gasteiger partial charge < -0.3 is 5.73 Å². The smallest absolute Gasteiger partial charge is 0.311 e. The highest BCUT2D eigenvalue weighted by atomic mass is 79.9. The minimum atomic E-state index is -0.609. The lowest BCUT2D eigenvalue weighted by atomic mass is 10.3. The van der Waals surface area contributed by atoms with Crippen LogP contribution in [0.25, 0.3) is 0 Å². The molecule has 4 nitrogen and oxygen atoms in total. The third-order valence-corrected chi connectivity index (χ3v) is 2.29. The highest BCUT2D eigenvalue weighted by Crippen LogP contribution is 2.35. The second-order valence-electron chi connectivity index (χ2n) is 2.05. The fourth-order valence-electron chi connectivity index (χ4n) is 0.742. The molecule has 0 aromatic heterocycles. The zero-order valence-electron chi connectivity index (χ0n) is 5.75. The van der Waals surface area contributed by atoms with Crippen LogP contribution in [0.1, 0.15) is 0 Å². The summed E-state index contributed by atoms with van der Waals surface area (Å²) >= 11 is 8.61. The second kappa shape index (κ2) is 3.28. The maximum Gasteiger partial charge on any atom is 0.311 e. The van der Waals surface area contributed by atoms with Crippen LogP contribution in [0, 0.1) is 10.1 Å². The van der Waals surface area contributed by atoms with E-state index in [4.69, 9.17) is 17.3 Å². The molecule has 0 bridgehead atoms. The van der Waals surface area contributed by atoms with E-state index in [-0.39, 0.29) is 16.4 Å². The Morgan fingerprint density at radius 3 is 2.58 bits per heavy atom. The number of hydrogen-bond acceptors (Lipinski definition) is 3. The number of nitrogens with zero attached hydrogens (tertiary/aromatic N) is 1. The van der Waals surface area contributed by atoms with Crippen LogP contribution >= 0.6 is 27.5 Å². The molecule has 0 spiro atoms. The van der Waals surface area contributed by atoms with Crippen molar-refractivity contribution in [1.82, 2.24) is 0 Å². The summed E-state index contributed by atoms with van der Waals surface area (Å²) in [5.74, 6) is 0. The fraction of sp³-hybridized carbons (Fsp3) is 0. The normalized spacial score (nSPS) is 9.83. The van der Waals surface area contributed by atoms with Gasteiger partial charge in [-0.05, 0) is 28.1 Å². The van der Waals surface area contributed by atoms with Gasteiger partial charge in [0.15, 0.2) is 0 Å². The zero-order valence-corrected chi connectivity index (χ0v) is 8.09. The van der Waals surface area contributed by atoms with E-state index < -0.39 is 4.92 Å². The number of nitrogens with two attached hydrogens (primary N) is 1. The van der Waals surface area contributed by atoms with Gasteiger partial charge in [0.2, 0.25) is 0 Å². The van der Waals surface area contributed by atoms with Crippen molar-refractivity contribution in [3.8, 4) is 0 Å². The molecule has 0 radical (unpaired) electrons. The van der Waals surface area contributed by atoms with Crippen LogP contribution in [0.15, 0.2) is 16.6 Å². The Hall–Kier alpha value is -0.810. The van der Waals surface area contributed by atoms with E-state index in [1.54, 1.807) is 6.07 Å². The molecule has 0 unspecified atom stereocenters. The number of hydrogen-bond donors (Lipinski definition) is 1. The average Bonchev–Trinajstić information content (AvgIpc) is 1.97. The van der Waals surface area contributed by atoms with Crippen molar-refractivity contribution in [2.45, 2.75) is 0 Å². The summed E-state index contributed by atoms with van der Waals surface area (Å²) in [6.45, 7) is 0. The van der Waals surface area contributed by atoms with Crippen LogP contribution in [0.2, 0.25) is 5.02 Å². The minimum Gasteiger partial charge on any atom is -0.392 e. The molecule has 1 aromatic rings. The minimum absolute atomic E-state index is 0.0423. The van der Waals surface area contributed by atoms with Crippen molar-refractivity contribution in [2.24, 2.45) is 0 Å². The molecular weight excluding hydrogens is 247 g/mol. The monoisotopic (exact) mass is 250 g/mol. The number of anilines is 1. The second-order valence-corrected chi connectivity index (χ2v) is 3.31. The standard InChI is InChI=1S/C6H4BrClN2O2/c7-3-1-2-4(8)6(5(3)9)10(11)12/h1-2H,9H2. The molecule has 0 aliphatic heterocycles. The van der Waals surface area contributed by atoms with Gasteiger partial charge in [0.1, 0.15) is 10.7 Å². The Kier molecular flexibility index (Phi) is 2.54. The molecule has 1 aromatic carbocycles. The van der Waals surface area contributed by atoms with Crippen LogP contribution in [-0.4, -0.2) is 4.92 Å². The Labute approximate surface area is 81.6 Å². The molecule has 0 aliphatic carbocycles. The quantitative estimate of drug-likeness (QED) is 0.474. The van der Waals surface area contributed by atoms with Crippen LogP contribution in [0.3, 0.4) is 0 Å². The maximum absolute atomic E-state index is 10.4. The molecular formula is C6H4BrClN2O2. The van der Waals surface area contributed by atoms with Crippen LogP contribution < -0.4 is 5.73 Å². The van der Waals surface area contributed by atoms with E-state index >= 15 is 0 Å². The molecule has 0 saturated heterocycles. The average molecular weight is 251 g/mol. The summed E-state index contributed by atoms with van der Waals surface area (Å²) < 4.78 is 0.471. The number of benzene rings is 1. The molecule has 1 rings (SSSR count).